The zero-order chi connectivity index (χ0) is 13.7. The van der Waals surface area contributed by atoms with Crippen molar-refractivity contribution >= 4 is 23.6 Å². The molecule has 1 amide bonds. The third kappa shape index (κ3) is 4.03. The highest BCUT2D eigenvalue weighted by molar-refractivity contribution is 7.99. The number of carbonyl (C=O) groups excluding carboxylic acids is 1. The van der Waals surface area contributed by atoms with E-state index in [0.29, 0.717) is 22.9 Å². The van der Waals surface area contributed by atoms with E-state index >= 15 is 0 Å². The number of carboxylic acids is 1. The van der Waals surface area contributed by atoms with Crippen LogP contribution in [0, 0.1) is 13.8 Å². The second-order valence-corrected chi connectivity index (χ2v) is 4.98. The molecular formula is C12H16N2O3S. The normalized spacial score (nSPS) is 10.2. The van der Waals surface area contributed by atoms with Crippen LogP contribution >= 0.6 is 11.8 Å². The van der Waals surface area contributed by atoms with Gasteiger partial charge in [-0.2, -0.15) is 0 Å². The van der Waals surface area contributed by atoms with Gasteiger partial charge in [0, 0.05) is 24.9 Å². The van der Waals surface area contributed by atoms with Crippen LogP contribution in [0.2, 0.25) is 0 Å². The molecule has 6 heteroatoms. The van der Waals surface area contributed by atoms with Gasteiger partial charge in [-0.25, -0.2) is 9.78 Å². The second kappa shape index (κ2) is 6.39. The van der Waals surface area contributed by atoms with E-state index in [9.17, 15) is 9.59 Å². The molecule has 0 bridgehead atoms. The van der Waals surface area contributed by atoms with Crippen molar-refractivity contribution in [2.45, 2.75) is 25.8 Å². The molecule has 0 aliphatic heterocycles. The lowest BCUT2D eigenvalue weighted by molar-refractivity contribution is -0.118. The first kappa shape index (κ1) is 14.5. The van der Waals surface area contributed by atoms with Crippen LogP contribution in [0.1, 0.15) is 28.5 Å². The van der Waals surface area contributed by atoms with Gasteiger partial charge in [0.25, 0.3) is 0 Å². The van der Waals surface area contributed by atoms with Gasteiger partial charge in [-0.3, -0.25) is 4.79 Å². The van der Waals surface area contributed by atoms with Gasteiger partial charge in [0.05, 0.1) is 5.56 Å². The molecule has 0 fully saturated rings. The van der Waals surface area contributed by atoms with Crippen LogP contribution in [-0.2, 0) is 4.79 Å². The number of aromatic nitrogens is 1. The number of thioether (sulfide) groups is 1. The topological polar surface area (TPSA) is 79.3 Å². The maximum atomic E-state index is 11.2. The Morgan fingerprint density at radius 3 is 2.67 bits per heavy atom. The monoisotopic (exact) mass is 268 g/mol. The highest BCUT2D eigenvalue weighted by atomic mass is 32.2. The molecule has 0 unspecified atom stereocenters. The van der Waals surface area contributed by atoms with Gasteiger partial charge in [-0.05, 0) is 25.5 Å². The van der Waals surface area contributed by atoms with Crippen molar-refractivity contribution < 1.29 is 14.7 Å². The predicted molar refractivity (Wildman–Crippen MR) is 70.1 cm³/mol. The van der Waals surface area contributed by atoms with E-state index in [0.717, 1.165) is 5.69 Å². The molecule has 1 heterocycles. The predicted octanol–water partition coefficient (Wildman–Crippen LogP) is 1.62. The minimum Gasteiger partial charge on any atom is -0.478 e. The summed E-state index contributed by atoms with van der Waals surface area (Å²) < 4.78 is 0. The van der Waals surface area contributed by atoms with Crippen LogP contribution in [0.3, 0.4) is 0 Å². The highest BCUT2D eigenvalue weighted by Gasteiger charge is 2.15. The number of hydrogen-bond acceptors (Lipinski definition) is 4. The van der Waals surface area contributed by atoms with Crippen LogP contribution < -0.4 is 5.32 Å². The fraction of sp³-hybridized carbons (Fsp3) is 0.417. The summed E-state index contributed by atoms with van der Waals surface area (Å²) in [5, 5.41) is 12.3. The average Bonchev–Trinajstić information content (AvgIpc) is 2.22. The second-order valence-electron chi connectivity index (χ2n) is 3.90. The van der Waals surface area contributed by atoms with Crippen molar-refractivity contribution in [2.75, 3.05) is 12.3 Å². The third-order valence-corrected chi connectivity index (χ3v) is 3.22. The Kier molecular flexibility index (Phi) is 5.15. The Balaban J connectivity index is 2.80. The molecule has 1 aromatic rings. The molecule has 5 nitrogen and oxygen atoms in total. The minimum absolute atomic E-state index is 0.0950. The number of aromatic carboxylic acids is 1. The van der Waals surface area contributed by atoms with E-state index in [4.69, 9.17) is 5.11 Å². The molecule has 0 spiro atoms. The van der Waals surface area contributed by atoms with Crippen LogP contribution in [0.15, 0.2) is 11.1 Å². The van der Waals surface area contributed by atoms with E-state index in [2.05, 4.69) is 10.3 Å². The molecule has 1 aromatic heterocycles. The summed E-state index contributed by atoms with van der Waals surface area (Å²) in [4.78, 5) is 26.1. The number of aryl methyl sites for hydroxylation is 2. The van der Waals surface area contributed by atoms with E-state index in [1.165, 1.54) is 18.7 Å². The number of nitrogens with zero attached hydrogens (tertiary/aromatic N) is 1. The van der Waals surface area contributed by atoms with Crippen LogP contribution in [-0.4, -0.2) is 34.3 Å². The van der Waals surface area contributed by atoms with E-state index < -0.39 is 5.97 Å². The standard InChI is InChI=1S/C12H16N2O3S/c1-7-6-8(2)14-11(10(7)12(16)17)18-5-4-13-9(3)15/h6H,4-5H2,1-3H3,(H,13,15)(H,16,17). The summed E-state index contributed by atoms with van der Waals surface area (Å²) in [7, 11) is 0. The number of pyridine rings is 1. The molecule has 1 rings (SSSR count). The van der Waals surface area contributed by atoms with Crippen molar-refractivity contribution in [1.82, 2.24) is 10.3 Å². The largest absolute Gasteiger partial charge is 0.478 e. The first-order chi connectivity index (χ1) is 8.41. The van der Waals surface area contributed by atoms with Gasteiger partial charge in [0.1, 0.15) is 5.03 Å². The highest BCUT2D eigenvalue weighted by Crippen LogP contribution is 2.23. The van der Waals surface area contributed by atoms with Crippen LogP contribution in [0.25, 0.3) is 0 Å². The van der Waals surface area contributed by atoms with Crippen LogP contribution in [0.5, 0.6) is 0 Å². The van der Waals surface area contributed by atoms with Crippen molar-refractivity contribution in [1.29, 1.82) is 0 Å². The molecule has 2 N–H and O–H groups in total. The Hall–Kier alpha value is -1.56. The zero-order valence-corrected chi connectivity index (χ0v) is 11.4. The number of rotatable bonds is 5. The van der Waals surface area contributed by atoms with Crippen LogP contribution in [0.4, 0.5) is 0 Å². The summed E-state index contributed by atoms with van der Waals surface area (Å²) in [5.41, 5.74) is 1.74. The minimum atomic E-state index is -0.970. The molecule has 18 heavy (non-hydrogen) atoms. The van der Waals surface area contributed by atoms with Crippen molar-refractivity contribution in [3.8, 4) is 0 Å². The van der Waals surface area contributed by atoms with E-state index in [-0.39, 0.29) is 11.5 Å². The molecule has 0 aliphatic rings. The molecule has 0 saturated heterocycles. The Labute approximate surface area is 110 Å². The molecule has 0 aromatic carbocycles. The lowest BCUT2D eigenvalue weighted by Crippen LogP contribution is -2.22. The number of amides is 1. The number of hydrogen-bond donors (Lipinski definition) is 2. The fourth-order valence-electron chi connectivity index (χ4n) is 1.54. The maximum Gasteiger partial charge on any atom is 0.338 e. The summed E-state index contributed by atoms with van der Waals surface area (Å²) >= 11 is 1.34. The molecule has 0 saturated carbocycles. The summed E-state index contributed by atoms with van der Waals surface area (Å²) in [6.45, 7) is 5.53. The fourth-order valence-corrected chi connectivity index (χ4v) is 2.54. The smallest absolute Gasteiger partial charge is 0.338 e. The first-order valence-electron chi connectivity index (χ1n) is 5.50. The van der Waals surface area contributed by atoms with Crippen molar-refractivity contribution in [3.05, 3.63) is 22.9 Å². The van der Waals surface area contributed by atoms with Crippen molar-refractivity contribution in [3.63, 3.8) is 0 Å². The molecule has 0 aliphatic carbocycles. The first-order valence-corrected chi connectivity index (χ1v) is 6.49. The third-order valence-electron chi connectivity index (χ3n) is 2.24. The molecule has 98 valence electrons. The summed E-state index contributed by atoms with van der Waals surface area (Å²) in [6.07, 6.45) is 0. The average molecular weight is 268 g/mol. The summed E-state index contributed by atoms with van der Waals surface area (Å²) in [5.74, 6) is -0.472. The van der Waals surface area contributed by atoms with Gasteiger partial charge < -0.3 is 10.4 Å². The van der Waals surface area contributed by atoms with Gasteiger partial charge >= 0.3 is 5.97 Å². The Morgan fingerprint density at radius 2 is 2.11 bits per heavy atom. The zero-order valence-electron chi connectivity index (χ0n) is 10.6. The lowest BCUT2D eigenvalue weighted by atomic mass is 10.1. The van der Waals surface area contributed by atoms with E-state index in [1.807, 2.05) is 6.92 Å². The van der Waals surface area contributed by atoms with E-state index in [1.54, 1.807) is 13.0 Å². The maximum absolute atomic E-state index is 11.2. The molecular weight excluding hydrogens is 252 g/mol. The SMILES string of the molecule is CC(=O)NCCSc1nc(C)cc(C)c1C(=O)O. The van der Waals surface area contributed by atoms with Gasteiger partial charge in [-0.1, -0.05) is 0 Å². The number of carbonyl (C=O) groups is 2. The lowest BCUT2D eigenvalue weighted by Gasteiger charge is -2.09. The molecule has 0 radical (unpaired) electrons. The van der Waals surface area contributed by atoms with Crippen molar-refractivity contribution in [2.24, 2.45) is 0 Å². The number of carboxylic acid groups (broad SMARTS) is 1. The Bertz CT molecular complexity index is 475. The molecule has 0 atom stereocenters. The Morgan fingerprint density at radius 1 is 1.44 bits per heavy atom. The van der Waals surface area contributed by atoms with Gasteiger partial charge in [-0.15, -0.1) is 11.8 Å². The van der Waals surface area contributed by atoms with Gasteiger partial charge in [0.15, 0.2) is 0 Å². The quantitative estimate of drug-likeness (QED) is 0.626. The van der Waals surface area contributed by atoms with Gasteiger partial charge in [0.2, 0.25) is 5.91 Å². The summed E-state index contributed by atoms with van der Waals surface area (Å²) in [6, 6.07) is 1.75. The number of nitrogens with one attached hydrogen (secondary N) is 1.